The van der Waals surface area contributed by atoms with E-state index in [0.717, 1.165) is 12.8 Å². The Bertz CT molecular complexity index is 359. The molecular weight excluding hydrogens is 218 g/mol. The Balaban J connectivity index is 2.60. The summed E-state index contributed by atoms with van der Waals surface area (Å²) in [5.74, 6) is -0.172. The first kappa shape index (κ1) is 13.7. The molecular formula is C13H19NO3. The van der Waals surface area contributed by atoms with Gasteiger partial charge in [-0.2, -0.15) is 0 Å². The van der Waals surface area contributed by atoms with E-state index in [0.29, 0.717) is 5.75 Å². The molecule has 0 radical (unpaired) electrons. The van der Waals surface area contributed by atoms with E-state index in [2.05, 4.69) is 6.92 Å². The Morgan fingerprint density at radius 2 is 2.00 bits per heavy atom. The number of aryl methyl sites for hydroxylation is 1. The third kappa shape index (κ3) is 4.17. The molecule has 4 heteroatoms. The summed E-state index contributed by atoms with van der Waals surface area (Å²) in [5, 5.41) is 9.16. The van der Waals surface area contributed by atoms with Gasteiger partial charge in [0.1, 0.15) is 11.8 Å². The molecule has 0 fully saturated rings. The van der Waals surface area contributed by atoms with Crippen LogP contribution in [0, 0.1) is 0 Å². The first-order valence-corrected chi connectivity index (χ1v) is 5.79. The van der Waals surface area contributed by atoms with E-state index in [1.165, 1.54) is 12.5 Å². The smallest absolute Gasteiger partial charge is 0.330 e. The number of ether oxygens (including phenoxy) is 1. The van der Waals surface area contributed by atoms with E-state index in [4.69, 9.17) is 15.6 Å². The average Bonchev–Trinajstić information content (AvgIpc) is 2.30. The molecule has 1 rings (SSSR count). The molecule has 3 N–H and O–H groups in total. The minimum absolute atomic E-state index is 0.450. The number of aliphatic hydroxyl groups excluding tert-OH is 1. The van der Waals surface area contributed by atoms with E-state index >= 15 is 0 Å². The van der Waals surface area contributed by atoms with Gasteiger partial charge in [-0.15, -0.1) is 0 Å². The molecule has 0 aliphatic carbocycles. The predicted octanol–water partition coefficient (Wildman–Crippen LogP) is 1.25. The Kier molecular flexibility index (Phi) is 5.12. The molecule has 0 aliphatic heterocycles. The fraction of sp³-hybridized carbons (Fsp3) is 0.462. The number of benzene rings is 1. The highest BCUT2D eigenvalue weighted by atomic mass is 16.5. The summed E-state index contributed by atoms with van der Waals surface area (Å²) in [6.07, 6.45) is 1.16. The summed E-state index contributed by atoms with van der Waals surface area (Å²) >= 11 is 0. The molecule has 0 saturated heterocycles. The molecule has 17 heavy (non-hydrogen) atoms. The largest absolute Gasteiger partial charge is 0.425 e. The minimum atomic E-state index is -1.01. The van der Waals surface area contributed by atoms with Crippen molar-refractivity contribution in [2.75, 3.05) is 0 Å². The maximum Gasteiger partial charge on any atom is 0.330 e. The standard InChI is InChI=1S/C13H19NO3/c1-3-4-10-5-7-11(8-6-10)17-13(16)12(14)9(2)15/h5-9,12,15H,3-4,14H2,1-2H3. The van der Waals surface area contributed by atoms with Gasteiger partial charge >= 0.3 is 5.97 Å². The fourth-order valence-corrected chi connectivity index (χ4v) is 1.39. The quantitative estimate of drug-likeness (QED) is 0.597. The number of aliphatic hydroxyl groups is 1. The molecule has 0 heterocycles. The fourth-order valence-electron chi connectivity index (χ4n) is 1.39. The molecule has 0 aromatic heterocycles. The molecule has 1 aromatic carbocycles. The molecule has 2 atom stereocenters. The molecule has 1 aromatic rings. The maximum absolute atomic E-state index is 11.5. The van der Waals surface area contributed by atoms with Gasteiger partial charge in [0.25, 0.3) is 0 Å². The molecule has 0 aliphatic rings. The van der Waals surface area contributed by atoms with Crippen molar-refractivity contribution in [3.8, 4) is 5.75 Å². The second-order valence-electron chi connectivity index (χ2n) is 4.08. The lowest BCUT2D eigenvalue weighted by atomic mass is 10.1. The number of esters is 1. The highest BCUT2D eigenvalue weighted by Crippen LogP contribution is 2.14. The number of carbonyl (C=O) groups is 1. The van der Waals surface area contributed by atoms with Gasteiger partial charge in [-0.3, -0.25) is 0 Å². The summed E-state index contributed by atoms with van der Waals surface area (Å²) in [7, 11) is 0. The maximum atomic E-state index is 11.5. The van der Waals surface area contributed by atoms with Crippen LogP contribution >= 0.6 is 0 Å². The second kappa shape index (κ2) is 6.37. The van der Waals surface area contributed by atoms with Crippen molar-refractivity contribution in [3.05, 3.63) is 29.8 Å². The van der Waals surface area contributed by atoms with Gasteiger partial charge in [-0.25, -0.2) is 4.79 Å². The Hall–Kier alpha value is -1.39. The van der Waals surface area contributed by atoms with Crippen molar-refractivity contribution < 1.29 is 14.6 Å². The van der Waals surface area contributed by atoms with Crippen molar-refractivity contribution >= 4 is 5.97 Å². The van der Waals surface area contributed by atoms with E-state index in [1.807, 2.05) is 12.1 Å². The van der Waals surface area contributed by atoms with Gasteiger partial charge in [0.15, 0.2) is 0 Å². The van der Waals surface area contributed by atoms with Gasteiger partial charge in [-0.1, -0.05) is 25.5 Å². The lowest BCUT2D eigenvalue weighted by Crippen LogP contribution is -2.42. The molecule has 2 unspecified atom stereocenters. The van der Waals surface area contributed by atoms with Gasteiger partial charge in [-0.05, 0) is 31.0 Å². The van der Waals surface area contributed by atoms with Crippen LogP contribution in [0.15, 0.2) is 24.3 Å². The first-order valence-electron chi connectivity index (χ1n) is 5.79. The second-order valence-corrected chi connectivity index (χ2v) is 4.08. The molecule has 4 nitrogen and oxygen atoms in total. The van der Waals surface area contributed by atoms with E-state index < -0.39 is 18.1 Å². The molecule has 0 saturated carbocycles. The van der Waals surface area contributed by atoms with E-state index in [9.17, 15) is 4.79 Å². The number of hydrogen-bond acceptors (Lipinski definition) is 4. The van der Waals surface area contributed by atoms with Crippen LogP contribution in [0.5, 0.6) is 5.75 Å². The van der Waals surface area contributed by atoms with Crippen LogP contribution in [0.3, 0.4) is 0 Å². The van der Waals surface area contributed by atoms with Gasteiger partial charge in [0, 0.05) is 0 Å². The Labute approximate surface area is 101 Å². The topological polar surface area (TPSA) is 72.5 Å². The summed E-state index contributed by atoms with van der Waals surface area (Å²) < 4.78 is 5.05. The van der Waals surface area contributed by atoms with Crippen molar-refractivity contribution in [1.29, 1.82) is 0 Å². The molecule has 0 spiro atoms. The van der Waals surface area contributed by atoms with Crippen LogP contribution in [-0.2, 0) is 11.2 Å². The average molecular weight is 237 g/mol. The first-order chi connectivity index (χ1) is 8.04. The summed E-state index contributed by atoms with van der Waals surface area (Å²) in [5.41, 5.74) is 6.66. The van der Waals surface area contributed by atoms with Crippen LogP contribution in [0.2, 0.25) is 0 Å². The number of hydrogen-bond donors (Lipinski definition) is 2. The SMILES string of the molecule is CCCc1ccc(OC(=O)C(N)C(C)O)cc1. The van der Waals surface area contributed by atoms with Gasteiger partial charge < -0.3 is 15.6 Å². The van der Waals surface area contributed by atoms with Crippen LogP contribution in [-0.4, -0.2) is 23.2 Å². The van der Waals surface area contributed by atoms with Crippen LogP contribution in [0.4, 0.5) is 0 Å². The molecule has 94 valence electrons. The summed E-state index contributed by atoms with van der Waals surface area (Å²) in [6.45, 7) is 3.56. The summed E-state index contributed by atoms with van der Waals surface area (Å²) in [6, 6.07) is 6.29. The lowest BCUT2D eigenvalue weighted by Gasteiger charge is -2.13. The zero-order valence-electron chi connectivity index (χ0n) is 10.2. The van der Waals surface area contributed by atoms with Gasteiger partial charge in [0.05, 0.1) is 6.10 Å². The predicted molar refractivity (Wildman–Crippen MR) is 65.7 cm³/mol. The van der Waals surface area contributed by atoms with Crippen molar-refractivity contribution in [1.82, 2.24) is 0 Å². The third-order valence-electron chi connectivity index (χ3n) is 2.47. The monoisotopic (exact) mass is 237 g/mol. The van der Waals surface area contributed by atoms with E-state index in [-0.39, 0.29) is 0 Å². The van der Waals surface area contributed by atoms with Crippen molar-refractivity contribution in [3.63, 3.8) is 0 Å². The Morgan fingerprint density at radius 3 is 2.47 bits per heavy atom. The molecule has 0 bridgehead atoms. The third-order valence-corrected chi connectivity index (χ3v) is 2.47. The highest BCUT2D eigenvalue weighted by Gasteiger charge is 2.20. The number of nitrogens with two attached hydrogens (primary N) is 1. The van der Waals surface area contributed by atoms with Crippen molar-refractivity contribution in [2.24, 2.45) is 5.73 Å². The zero-order valence-corrected chi connectivity index (χ0v) is 10.2. The zero-order chi connectivity index (χ0) is 12.8. The molecule has 0 amide bonds. The summed E-state index contributed by atoms with van der Waals surface area (Å²) in [4.78, 5) is 11.5. The van der Waals surface area contributed by atoms with E-state index in [1.54, 1.807) is 12.1 Å². The van der Waals surface area contributed by atoms with Crippen LogP contribution in [0.25, 0.3) is 0 Å². The normalized spacial score (nSPS) is 14.1. The van der Waals surface area contributed by atoms with Gasteiger partial charge in [0.2, 0.25) is 0 Å². The van der Waals surface area contributed by atoms with Crippen LogP contribution in [0.1, 0.15) is 25.8 Å². The number of rotatable bonds is 5. The lowest BCUT2D eigenvalue weighted by molar-refractivity contribution is -0.138. The highest BCUT2D eigenvalue weighted by molar-refractivity contribution is 5.78. The minimum Gasteiger partial charge on any atom is -0.425 e. The Morgan fingerprint density at radius 1 is 1.41 bits per heavy atom. The van der Waals surface area contributed by atoms with Crippen molar-refractivity contribution in [2.45, 2.75) is 38.8 Å². The van der Waals surface area contributed by atoms with Crippen LogP contribution < -0.4 is 10.5 Å². The number of carbonyl (C=O) groups excluding carboxylic acids is 1.